The summed E-state index contributed by atoms with van der Waals surface area (Å²) in [5, 5.41) is 12.8. The van der Waals surface area contributed by atoms with Crippen molar-refractivity contribution in [2.75, 3.05) is 0 Å². The monoisotopic (exact) mass is 556 g/mol. The van der Waals surface area contributed by atoms with E-state index in [2.05, 4.69) is 170 Å². The van der Waals surface area contributed by atoms with E-state index in [-0.39, 0.29) is 0 Å². The van der Waals surface area contributed by atoms with Gasteiger partial charge in [-0.2, -0.15) is 0 Å². The van der Waals surface area contributed by atoms with Crippen LogP contribution in [-0.2, 0) is 0 Å². The lowest BCUT2D eigenvalue weighted by atomic mass is 9.84. The Hall–Kier alpha value is -5.72. The van der Waals surface area contributed by atoms with Crippen LogP contribution in [0.15, 0.2) is 170 Å². The Kier molecular flexibility index (Phi) is 5.61. The molecule has 9 aromatic rings. The highest BCUT2D eigenvalue weighted by Gasteiger charge is 2.18. The minimum absolute atomic E-state index is 1.23. The van der Waals surface area contributed by atoms with Crippen molar-refractivity contribution in [2.45, 2.75) is 0 Å². The Balaban J connectivity index is 1.30. The van der Waals surface area contributed by atoms with E-state index in [1.54, 1.807) is 0 Å². The number of hydrogen-bond acceptors (Lipinski definition) is 0. The first-order valence-corrected chi connectivity index (χ1v) is 15.3. The summed E-state index contributed by atoms with van der Waals surface area (Å²) in [4.78, 5) is 0. The Bertz CT molecular complexity index is 2470. The summed E-state index contributed by atoms with van der Waals surface area (Å²) in [6.07, 6.45) is 0. The maximum absolute atomic E-state index is 2.30. The van der Waals surface area contributed by atoms with Gasteiger partial charge in [0.2, 0.25) is 0 Å². The van der Waals surface area contributed by atoms with Gasteiger partial charge in [0.15, 0.2) is 0 Å². The summed E-state index contributed by atoms with van der Waals surface area (Å²) in [5.74, 6) is 0. The van der Waals surface area contributed by atoms with Crippen molar-refractivity contribution in [2.24, 2.45) is 0 Å². The number of rotatable bonds is 3. The summed E-state index contributed by atoms with van der Waals surface area (Å²) >= 11 is 0. The second-order valence-electron chi connectivity index (χ2n) is 11.6. The first-order valence-electron chi connectivity index (χ1n) is 15.3. The summed E-state index contributed by atoms with van der Waals surface area (Å²) < 4.78 is 0. The largest absolute Gasteiger partial charge is 0.0616 e. The second kappa shape index (κ2) is 9.93. The van der Waals surface area contributed by atoms with Crippen molar-refractivity contribution in [3.63, 3.8) is 0 Å². The van der Waals surface area contributed by atoms with Crippen molar-refractivity contribution in [3.8, 4) is 33.4 Å². The third-order valence-electron chi connectivity index (χ3n) is 9.26. The SMILES string of the molecule is c1ccc2c(-c3ccc(-c4c5ccccc5c(-c5cccc6c5ccc5ccccc56)c5ccccc45)cc3)cccc2c1. The molecule has 0 unspecified atom stereocenters. The molecule has 0 nitrogen and oxygen atoms in total. The van der Waals surface area contributed by atoms with E-state index in [9.17, 15) is 0 Å². The van der Waals surface area contributed by atoms with E-state index in [1.807, 2.05) is 0 Å². The van der Waals surface area contributed by atoms with Gasteiger partial charge in [-0.3, -0.25) is 0 Å². The van der Waals surface area contributed by atoms with Crippen LogP contribution < -0.4 is 0 Å². The normalized spacial score (nSPS) is 11.6. The lowest BCUT2D eigenvalue weighted by molar-refractivity contribution is 1.63. The molecule has 0 N–H and O–H groups in total. The van der Waals surface area contributed by atoms with Crippen LogP contribution in [0.5, 0.6) is 0 Å². The van der Waals surface area contributed by atoms with Crippen LogP contribution in [-0.4, -0.2) is 0 Å². The van der Waals surface area contributed by atoms with Gasteiger partial charge in [-0.05, 0) is 87.2 Å². The molecule has 0 fully saturated rings. The zero-order chi connectivity index (χ0) is 29.0. The van der Waals surface area contributed by atoms with Gasteiger partial charge in [0.1, 0.15) is 0 Å². The van der Waals surface area contributed by atoms with Gasteiger partial charge in [-0.25, -0.2) is 0 Å². The molecule has 0 aliphatic heterocycles. The Morgan fingerprint density at radius 3 is 1.34 bits per heavy atom. The number of hydrogen-bond donors (Lipinski definition) is 0. The molecule has 0 heteroatoms. The van der Waals surface area contributed by atoms with Gasteiger partial charge in [-0.1, -0.05) is 170 Å². The van der Waals surface area contributed by atoms with E-state index in [1.165, 1.54) is 87.2 Å². The Labute approximate surface area is 256 Å². The van der Waals surface area contributed by atoms with Crippen LogP contribution in [0, 0.1) is 0 Å². The van der Waals surface area contributed by atoms with Crippen LogP contribution in [0.2, 0.25) is 0 Å². The van der Waals surface area contributed by atoms with Gasteiger partial charge in [-0.15, -0.1) is 0 Å². The molecule has 0 spiro atoms. The molecule has 0 amide bonds. The lowest BCUT2D eigenvalue weighted by Gasteiger charge is -2.19. The van der Waals surface area contributed by atoms with E-state index < -0.39 is 0 Å². The molecule has 0 radical (unpaired) electrons. The van der Waals surface area contributed by atoms with Crippen molar-refractivity contribution in [1.29, 1.82) is 0 Å². The molecule has 9 aromatic carbocycles. The molecule has 0 saturated carbocycles. The zero-order valence-corrected chi connectivity index (χ0v) is 24.2. The highest BCUT2D eigenvalue weighted by atomic mass is 14.2. The van der Waals surface area contributed by atoms with Gasteiger partial charge in [0, 0.05) is 0 Å². The van der Waals surface area contributed by atoms with Gasteiger partial charge < -0.3 is 0 Å². The second-order valence-corrected chi connectivity index (χ2v) is 11.6. The van der Waals surface area contributed by atoms with Crippen LogP contribution in [0.3, 0.4) is 0 Å². The standard InChI is InChI=1S/C44H28/c1-3-14-33-29(11-1)13-9-20-34(33)31-23-25-32(26-24-31)43-39-16-5-7-18-41(39)44(42-19-8-6-17-40(42)43)38-22-10-21-36-35-15-4-2-12-30(35)27-28-37(36)38/h1-28H. The highest BCUT2D eigenvalue weighted by Crippen LogP contribution is 2.46. The molecule has 0 aliphatic carbocycles. The summed E-state index contributed by atoms with van der Waals surface area (Å²) in [5.41, 5.74) is 7.60. The third-order valence-corrected chi connectivity index (χ3v) is 9.26. The molecule has 0 aliphatic rings. The quantitative estimate of drug-likeness (QED) is 0.150. The number of benzene rings is 9. The fraction of sp³-hybridized carbons (Fsp3) is 0. The molecule has 0 saturated heterocycles. The van der Waals surface area contributed by atoms with E-state index in [0.29, 0.717) is 0 Å². The van der Waals surface area contributed by atoms with Crippen molar-refractivity contribution < 1.29 is 0 Å². The minimum Gasteiger partial charge on any atom is -0.0616 e. The van der Waals surface area contributed by atoms with Crippen LogP contribution >= 0.6 is 0 Å². The van der Waals surface area contributed by atoms with Gasteiger partial charge >= 0.3 is 0 Å². The Morgan fingerprint density at radius 1 is 0.205 bits per heavy atom. The van der Waals surface area contributed by atoms with E-state index in [0.717, 1.165) is 0 Å². The first-order chi connectivity index (χ1) is 21.8. The molecule has 0 bridgehead atoms. The highest BCUT2D eigenvalue weighted by molar-refractivity contribution is 6.24. The fourth-order valence-corrected chi connectivity index (χ4v) is 7.28. The zero-order valence-electron chi connectivity index (χ0n) is 24.2. The molecule has 44 heavy (non-hydrogen) atoms. The molecule has 0 heterocycles. The molecule has 204 valence electrons. The summed E-state index contributed by atoms with van der Waals surface area (Å²) in [6, 6.07) is 62.3. The molecular weight excluding hydrogens is 528 g/mol. The number of fused-ring (bicyclic) bond motifs is 6. The maximum Gasteiger partial charge on any atom is -0.00201 e. The molecule has 0 aromatic heterocycles. The molecule has 0 atom stereocenters. The predicted molar refractivity (Wildman–Crippen MR) is 190 cm³/mol. The van der Waals surface area contributed by atoms with Gasteiger partial charge in [0.25, 0.3) is 0 Å². The fourth-order valence-electron chi connectivity index (χ4n) is 7.28. The van der Waals surface area contributed by atoms with Crippen LogP contribution in [0.1, 0.15) is 0 Å². The average Bonchev–Trinajstić information content (AvgIpc) is 3.10. The predicted octanol–water partition coefficient (Wildman–Crippen LogP) is 12.5. The van der Waals surface area contributed by atoms with E-state index >= 15 is 0 Å². The third kappa shape index (κ3) is 3.78. The first kappa shape index (κ1) is 24.8. The van der Waals surface area contributed by atoms with Crippen LogP contribution in [0.25, 0.3) is 87.2 Å². The van der Waals surface area contributed by atoms with E-state index in [4.69, 9.17) is 0 Å². The minimum atomic E-state index is 1.23. The van der Waals surface area contributed by atoms with Gasteiger partial charge in [0.05, 0.1) is 0 Å². The van der Waals surface area contributed by atoms with Crippen molar-refractivity contribution in [1.82, 2.24) is 0 Å². The summed E-state index contributed by atoms with van der Waals surface area (Å²) in [6.45, 7) is 0. The Morgan fingerprint density at radius 2 is 0.659 bits per heavy atom. The topological polar surface area (TPSA) is 0 Å². The van der Waals surface area contributed by atoms with Crippen molar-refractivity contribution in [3.05, 3.63) is 170 Å². The van der Waals surface area contributed by atoms with Crippen molar-refractivity contribution >= 4 is 53.9 Å². The molecule has 9 rings (SSSR count). The maximum atomic E-state index is 2.30. The average molecular weight is 557 g/mol. The van der Waals surface area contributed by atoms with Crippen LogP contribution in [0.4, 0.5) is 0 Å². The summed E-state index contributed by atoms with van der Waals surface area (Å²) in [7, 11) is 0. The smallest absolute Gasteiger partial charge is 0.00201 e. The lowest BCUT2D eigenvalue weighted by Crippen LogP contribution is -1.92. The molecular formula is C44H28.